The van der Waals surface area contributed by atoms with Gasteiger partial charge < -0.3 is 4.55 Å². The lowest BCUT2D eigenvalue weighted by molar-refractivity contribution is 0.441. The fraction of sp³-hybridized carbons (Fsp3) is 0.588. The summed E-state index contributed by atoms with van der Waals surface area (Å²) in [4.78, 5) is 0. The fourth-order valence-electron chi connectivity index (χ4n) is 1.80. The zero-order valence-electron chi connectivity index (χ0n) is 14.9. The highest BCUT2D eigenvalue weighted by Gasteiger charge is 2.40. The van der Waals surface area contributed by atoms with E-state index in [0.29, 0.717) is 11.3 Å². The number of nitrogens with zero attached hydrogens (tertiary/aromatic N) is 1. The van der Waals surface area contributed by atoms with E-state index >= 15 is 0 Å². The smallest absolute Gasteiger partial charge is 0.136 e. The molecule has 0 radical (unpaired) electrons. The first-order chi connectivity index (χ1) is 10.8. The Hall–Kier alpha value is -0.260. The molecule has 1 N–H and O–H groups in total. The van der Waals surface area contributed by atoms with Crippen molar-refractivity contribution >= 4 is 39.1 Å². The van der Waals surface area contributed by atoms with Gasteiger partial charge in [-0.1, -0.05) is 15.9 Å². The van der Waals surface area contributed by atoms with Crippen molar-refractivity contribution in [3.05, 3.63) is 34.1 Å². The van der Waals surface area contributed by atoms with Crippen LogP contribution in [0.25, 0.3) is 0 Å². The molecule has 0 aliphatic carbocycles. The van der Waals surface area contributed by atoms with Crippen molar-refractivity contribution in [2.24, 2.45) is 0 Å². The Balaban J connectivity index is 3.25. The zero-order chi connectivity index (χ0) is 18.8. The van der Waals surface area contributed by atoms with Gasteiger partial charge in [0.05, 0.1) is 16.4 Å². The van der Waals surface area contributed by atoms with Crippen molar-refractivity contribution in [2.45, 2.75) is 56.6 Å². The van der Waals surface area contributed by atoms with Gasteiger partial charge in [-0.05, 0) is 59.7 Å². The molecule has 3 nitrogen and oxygen atoms in total. The summed E-state index contributed by atoms with van der Waals surface area (Å²) in [6.45, 7) is 11.0. The van der Waals surface area contributed by atoms with E-state index < -0.39 is 26.4 Å². The monoisotopic (exact) mass is 434 g/mol. The van der Waals surface area contributed by atoms with Crippen LogP contribution in [-0.2, 0) is 16.9 Å². The van der Waals surface area contributed by atoms with E-state index in [2.05, 4.69) is 26.7 Å². The van der Waals surface area contributed by atoms with Gasteiger partial charge in [0, 0.05) is 27.2 Å². The molecule has 0 aliphatic rings. The Morgan fingerprint density at radius 1 is 1.29 bits per heavy atom. The van der Waals surface area contributed by atoms with E-state index in [1.54, 1.807) is 12.1 Å². The maximum absolute atomic E-state index is 14.5. The second-order valence-corrected chi connectivity index (χ2v) is 11.8. The molecule has 0 amide bonds. The normalized spacial score (nSPS) is 16.3. The predicted octanol–water partition coefficient (Wildman–Crippen LogP) is 4.89. The van der Waals surface area contributed by atoms with Crippen LogP contribution in [0, 0.1) is 17.1 Å². The van der Waals surface area contributed by atoms with Crippen LogP contribution in [0.1, 0.15) is 47.1 Å². The molecule has 2 atom stereocenters. The largest absolute Gasteiger partial charge is 0.598 e. The highest BCUT2D eigenvalue weighted by Crippen LogP contribution is 2.36. The summed E-state index contributed by atoms with van der Waals surface area (Å²) in [5, 5.41) is 9.24. The number of hydrogen-bond donors (Lipinski definition) is 1. The minimum Gasteiger partial charge on any atom is -0.598 e. The minimum absolute atomic E-state index is 0.366. The zero-order valence-corrected chi connectivity index (χ0v) is 18.1. The summed E-state index contributed by atoms with van der Waals surface area (Å²) in [7, 11) is 0. The van der Waals surface area contributed by atoms with E-state index in [1.807, 2.05) is 41.5 Å². The second-order valence-electron chi connectivity index (χ2n) is 7.35. The van der Waals surface area contributed by atoms with E-state index in [4.69, 9.17) is 0 Å². The van der Waals surface area contributed by atoms with Gasteiger partial charge >= 0.3 is 0 Å². The highest BCUT2D eigenvalue weighted by atomic mass is 79.9. The molecule has 0 spiro atoms. The standard InChI is InChI=1S/C17H24BrFN2OS2/c1-15(2,3)24(22)21-17(6,11-23-16(4,5)10-20)13-9-12(18)7-8-14(13)19/h7-9,21H,11H2,1-6H3/t17-,24?/m0/s1. The quantitative estimate of drug-likeness (QED) is 0.647. The lowest BCUT2D eigenvalue weighted by Crippen LogP contribution is -2.52. The molecule has 0 saturated carbocycles. The summed E-state index contributed by atoms with van der Waals surface area (Å²) < 4.78 is 29.9. The fourth-order valence-corrected chi connectivity index (χ4v) is 4.09. The first-order valence-corrected chi connectivity index (χ1v) is 10.4. The van der Waals surface area contributed by atoms with E-state index in [1.165, 1.54) is 17.8 Å². The maximum Gasteiger partial charge on any atom is 0.136 e. The number of halogens is 2. The van der Waals surface area contributed by atoms with E-state index in [-0.39, 0.29) is 5.82 Å². The third-order valence-corrected chi connectivity index (χ3v) is 7.16. The number of nitrogens with one attached hydrogen (secondary N) is 1. The number of hydrogen-bond acceptors (Lipinski definition) is 4. The number of thioether (sulfide) groups is 1. The molecule has 24 heavy (non-hydrogen) atoms. The molecule has 1 rings (SSSR count). The molecule has 0 aliphatic heterocycles. The molecule has 1 aromatic carbocycles. The van der Waals surface area contributed by atoms with Gasteiger partial charge in [0.1, 0.15) is 10.6 Å². The second kappa shape index (κ2) is 7.96. The van der Waals surface area contributed by atoms with Gasteiger partial charge in [0.25, 0.3) is 0 Å². The van der Waals surface area contributed by atoms with Gasteiger partial charge in [0.15, 0.2) is 0 Å². The Bertz CT molecular complexity index is 628. The average Bonchev–Trinajstić information content (AvgIpc) is 2.47. The Labute approximate surface area is 160 Å². The first kappa shape index (κ1) is 21.8. The van der Waals surface area contributed by atoms with E-state index in [0.717, 1.165) is 4.47 Å². The van der Waals surface area contributed by atoms with Gasteiger partial charge in [0.2, 0.25) is 0 Å². The Morgan fingerprint density at radius 2 is 1.88 bits per heavy atom. The van der Waals surface area contributed by atoms with E-state index in [9.17, 15) is 14.2 Å². The summed E-state index contributed by atoms with van der Waals surface area (Å²) in [6.07, 6.45) is 0. The van der Waals surface area contributed by atoms with Crippen LogP contribution in [0.15, 0.2) is 22.7 Å². The molecule has 1 aromatic rings. The molecule has 0 aromatic heterocycles. The molecule has 0 bridgehead atoms. The lowest BCUT2D eigenvalue weighted by atomic mass is 9.95. The van der Waals surface area contributed by atoms with Crippen molar-refractivity contribution in [2.75, 3.05) is 5.75 Å². The predicted molar refractivity (Wildman–Crippen MR) is 105 cm³/mol. The molecule has 0 saturated heterocycles. The summed E-state index contributed by atoms with van der Waals surface area (Å²) in [5.41, 5.74) is -0.458. The summed E-state index contributed by atoms with van der Waals surface area (Å²) in [6, 6.07) is 6.95. The van der Waals surface area contributed by atoms with Crippen molar-refractivity contribution in [1.82, 2.24) is 4.72 Å². The van der Waals surface area contributed by atoms with Crippen LogP contribution in [-0.4, -0.2) is 19.8 Å². The van der Waals surface area contributed by atoms with Crippen LogP contribution in [0.4, 0.5) is 4.39 Å². The number of nitriles is 1. The average molecular weight is 435 g/mol. The molecule has 1 unspecified atom stereocenters. The SMILES string of the molecule is CC(C)(C#N)SC[C@](C)(N[S+]([O-])C(C)(C)C)c1cc(Br)ccc1F. The van der Waals surface area contributed by atoms with Gasteiger partial charge in [-0.15, -0.1) is 16.5 Å². The molecule has 134 valence electrons. The highest BCUT2D eigenvalue weighted by molar-refractivity contribution is 9.10. The summed E-state index contributed by atoms with van der Waals surface area (Å²) >= 11 is 3.40. The molecular formula is C17H24BrFN2OS2. The lowest BCUT2D eigenvalue weighted by Gasteiger charge is -2.36. The third-order valence-electron chi connectivity index (χ3n) is 3.39. The molecule has 0 fully saturated rings. The number of benzene rings is 1. The minimum atomic E-state index is -1.38. The van der Waals surface area contributed by atoms with Crippen molar-refractivity contribution in [1.29, 1.82) is 5.26 Å². The van der Waals surface area contributed by atoms with Crippen molar-refractivity contribution in [3.8, 4) is 6.07 Å². The topological polar surface area (TPSA) is 58.9 Å². The molecular weight excluding hydrogens is 411 g/mol. The number of rotatable bonds is 6. The van der Waals surface area contributed by atoms with Gasteiger partial charge in [-0.3, -0.25) is 0 Å². The van der Waals surface area contributed by atoms with Crippen LogP contribution in [0.5, 0.6) is 0 Å². The van der Waals surface area contributed by atoms with Crippen LogP contribution in [0.3, 0.4) is 0 Å². The Kier molecular flexibility index (Phi) is 7.23. The van der Waals surface area contributed by atoms with Gasteiger partial charge in [-0.2, -0.15) is 5.26 Å². The Morgan fingerprint density at radius 3 is 2.38 bits per heavy atom. The van der Waals surface area contributed by atoms with Crippen molar-refractivity contribution in [3.63, 3.8) is 0 Å². The van der Waals surface area contributed by atoms with Crippen LogP contribution >= 0.6 is 27.7 Å². The molecule has 7 heteroatoms. The third kappa shape index (κ3) is 5.92. The van der Waals surface area contributed by atoms with Crippen molar-refractivity contribution < 1.29 is 8.94 Å². The van der Waals surface area contributed by atoms with Crippen LogP contribution in [0.2, 0.25) is 0 Å². The first-order valence-electron chi connectivity index (χ1n) is 7.51. The summed E-state index contributed by atoms with van der Waals surface area (Å²) in [5.74, 6) is 0.0393. The van der Waals surface area contributed by atoms with Crippen LogP contribution < -0.4 is 4.72 Å². The molecule has 0 heterocycles. The van der Waals surface area contributed by atoms with Gasteiger partial charge in [-0.25, -0.2) is 4.39 Å². The maximum atomic E-state index is 14.5.